The Morgan fingerprint density at radius 1 is 1.14 bits per heavy atom. The fourth-order valence-corrected chi connectivity index (χ4v) is 3.14. The van der Waals surface area contributed by atoms with Gasteiger partial charge in [0, 0.05) is 0 Å². The van der Waals surface area contributed by atoms with Crippen molar-refractivity contribution >= 4 is 13.3 Å². The molecule has 0 heterocycles. The van der Waals surface area contributed by atoms with Gasteiger partial charge < -0.3 is 0 Å². The molecule has 1 heteroatoms. The molecule has 0 unspecified atom stereocenters. The molecule has 14 heavy (non-hydrogen) atoms. The van der Waals surface area contributed by atoms with Crippen molar-refractivity contribution in [1.29, 1.82) is 0 Å². The first-order valence-electron chi connectivity index (χ1n) is 4.99. The number of rotatable bonds is 2. The van der Waals surface area contributed by atoms with Crippen molar-refractivity contribution in [1.82, 2.24) is 0 Å². The van der Waals surface area contributed by atoms with Crippen molar-refractivity contribution in [3.05, 3.63) is 47.3 Å². The van der Waals surface area contributed by atoms with E-state index in [0.717, 1.165) is 0 Å². The van der Waals surface area contributed by atoms with E-state index in [-0.39, 0.29) is 0 Å². The van der Waals surface area contributed by atoms with Crippen LogP contribution in [0.1, 0.15) is 13.8 Å². The molecule has 1 aromatic rings. The molecule has 0 aliphatic heterocycles. The van der Waals surface area contributed by atoms with Crippen molar-refractivity contribution in [3.63, 3.8) is 0 Å². The average Bonchev–Trinajstić information content (AvgIpc) is 2.16. The first-order valence-corrected chi connectivity index (χ1v) is 8.07. The van der Waals surface area contributed by atoms with E-state index < -0.39 is 8.07 Å². The Labute approximate surface area is 88.0 Å². The summed E-state index contributed by atoms with van der Waals surface area (Å²) in [6.45, 7) is 8.87. The van der Waals surface area contributed by atoms with E-state index in [1.54, 1.807) is 0 Å². The highest BCUT2D eigenvalue weighted by Gasteiger charge is 2.18. The predicted octanol–water partition coefficient (Wildman–Crippen LogP) is 3.26. The van der Waals surface area contributed by atoms with Gasteiger partial charge in [-0.05, 0) is 25.1 Å². The van der Waals surface area contributed by atoms with Gasteiger partial charge in [0.15, 0.2) is 0 Å². The van der Waals surface area contributed by atoms with Gasteiger partial charge in [-0.3, -0.25) is 0 Å². The molecular formula is C13H18Si. The van der Waals surface area contributed by atoms with Crippen molar-refractivity contribution in [2.24, 2.45) is 0 Å². The highest BCUT2D eigenvalue weighted by molar-refractivity contribution is 6.93. The third kappa shape index (κ3) is 3.02. The van der Waals surface area contributed by atoms with Gasteiger partial charge in [0.25, 0.3) is 0 Å². The van der Waals surface area contributed by atoms with E-state index in [1.165, 1.54) is 10.8 Å². The van der Waals surface area contributed by atoms with Gasteiger partial charge in [-0.1, -0.05) is 48.6 Å². The summed E-state index contributed by atoms with van der Waals surface area (Å²) in [5.74, 6) is 0. The number of benzene rings is 1. The summed E-state index contributed by atoms with van der Waals surface area (Å²) in [7, 11) is -1.40. The van der Waals surface area contributed by atoms with Crippen LogP contribution in [0.4, 0.5) is 0 Å². The summed E-state index contributed by atoms with van der Waals surface area (Å²) in [4.78, 5) is 0. The molecule has 0 saturated carbocycles. The van der Waals surface area contributed by atoms with Gasteiger partial charge >= 0.3 is 0 Å². The average molecular weight is 202 g/mol. The maximum Gasteiger partial charge on any atom is 0.112 e. The van der Waals surface area contributed by atoms with Gasteiger partial charge in [-0.25, -0.2) is 0 Å². The Morgan fingerprint density at radius 2 is 1.71 bits per heavy atom. The lowest BCUT2D eigenvalue weighted by atomic mass is 10.4. The molecule has 0 amide bonds. The lowest BCUT2D eigenvalue weighted by Gasteiger charge is -2.16. The van der Waals surface area contributed by atoms with Gasteiger partial charge in [-0.2, -0.15) is 0 Å². The second kappa shape index (κ2) is 4.45. The van der Waals surface area contributed by atoms with Crippen molar-refractivity contribution < 1.29 is 0 Å². The Balaban J connectivity index is 3.03. The smallest absolute Gasteiger partial charge is 0.112 e. The number of hydrogen-bond acceptors (Lipinski definition) is 0. The van der Waals surface area contributed by atoms with Gasteiger partial charge in [0.05, 0.1) is 0 Å². The SMILES string of the molecule is CC(C)=C=C[Si](C)(C)c1ccccc1. The standard InChI is InChI=1S/C13H18Si/c1-12(2)10-11-14(3,4)13-8-6-5-7-9-13/h5-9,11H,1-4H3. The van der Waals surface area contributed by atoms with E-state index in [2.05, 4.69) is 68.7 Å². The van der Waals surface area contributed by atoms with E-state index in [9.17, 15) is 0 Å². The lowest BCUT2D eigenvalue weighted by molar-refractivity contribution is 1.41. The molecule has 0 N–H and O–H groups in total. The van der Waals surface area contributed by atoms with E-state index in [0.29, 0.717) is 0 Å². The Kier molecular flexibility index (Phi) is 3.51. The molecule has 1 rings (SSSR count). The highest BCUT2D eigenvalue weighted by atomic mass is 28.3. The normalized spacial score (nSPS) is 10.6. The molecule has 0 aliphatic rings. The minimum absolute atomic E-state index is 1.25. The van der Waals surface area contributed by atoms with E-state index in [1.807, 2.05) is 0 Å². The lowest BCUT2D eigenvalue weighted by Crippen LogP contribution is -2.39. The van der Waals surface area contributed by atoms with Crippen LogP contribution in [0.15, 0.2) is 47.3 Å². The minimum Gasteiger partial charge on any atom is -0.131 e. The summed E-state index contributed by atoms with van der Waals surface area (Å²) in [5.41, 5.74) is 6.86. The van der Waals surface area contributed by atoms with Crippen LogP contribution in [0, 0.1) is 0 Å². The maximum absolute atomic E-state index is 3.34. The van der Waals surface area contributed by atoms with Gasteiger partial charge in [0.1, 0.15) is 8.07 Å². The van der Waals surface area contributed by atoms with E-state index >= 15 is 0 Å². The summed E-state index contributed by atoms with van der Waals surface area (Å²) in [6.07, 6.45) is 0. The molecule has 0 nitrogen and oxygen atoms in total. The zero-order valence-electron chi connectivity index (χ0n) is 9.46. The fourth-order valence-electron chi connectivity index (χ4n) is 1.28. The Bertz CT molecular complexity index is 350. The quantitative estimate of drug-likeness (QED) is 0.510. The molecule has 0 aromatic heterocycles. The summed E-state index contributed by atoms with van der Waals surface area (Å²) < 4.78 is 0. The molecule has 0 atom stereocenters. The van der Waals surface area contributed by atoms with Crippen LogP contribution in [0.5, 0.6) is 0 Å². The van der Waals surface area contributed by atoms with Crippen molar-refractivity contribution in [3.8, 4) is 0 Å². The second-order valence-electron chi connectivity index (χ2n) is 4.38. The van der Waals surface area contributed by atoms with Crippen LogP contribution in [-0.4, -0.2) is 8.07 Å². The van der Waals surface area contributed by atoms with Crippen LogP contribution in [0.3, 0.4) is 0 Å². The number of allylic oxidation sites excluding steroid dienone is 1. The zero-order chi connectivity index (χ0) is 10.6. The molecule has 74 valence electrons. The zero-order valence-corrected chi connectivity index (χ0v) is 10.5. The Hall–Kier alpha value is -1.04. The van der Waals surface area contributed by atoms with Crippen molar-refractivity contribution in [2.45, 2.75) is 26.9 Å². The maximum atomic E-state index is 3.34. The van der Waals surface area contributed by atoms with Gasteiger partial charge in [0.2, 0.25) is 0 Å². The Morgan fingerprint density at radius 3 is 2.21 bits per heavy atom. The van der Waals surface area contributed by atoms with Crippen LogP contribution >= 0.6 is 0 Å². The van der Waals surface area contributed by atoms with Crippen LogP contribution in [0.2, 0.25) is 13.1 Å². The molecule has 0 aliphatic carbocycles. The topological polar surface area (TPSA) is 0 Å². The monoisotopic (exact) mass is 202 g/mol. The molecule has 0 radical (unpaired) electrons. The third-order valence-corrected chi connectivity index (χ3v) is 4.93. The molecule has 0 saturated heterocycles. The fraction of sp³-hybridized carbons (Fsp3) is 0.308. The molecule has 1 aromatic carbocycles. The van der Waals surface area contributed by atoms with E-state index in [4.69, 9.17) is 0 Å². The minimum atomic E-state index is -1.40. The van der Waals surface area contributed by atoms with Crippen LogP contribution < -0.4 is 5.19 Å². The summed E-state index contributed by atoms with van der Waals surface area (Å²) >= 11 is 0. The van der Waals surface area contributed by atoms with Crippen LogP contribution in [-0.2, 0) is 0 Å². The largest absolute Gasteiger partial charge is 0.131 e. The molecular weight excluding hydrogens is 184 g/mol. The van der Waals surface area contributed by atoms with Crippen molar-refractivity contribution in [2.75, 3.05) is 0 Å². The first-order chi connectivity index (χ1) is 6.52. The summed E-state index contributed by atoms with van der Waals surface area (Å²) in [6, 6.07) is 10.7. The first kappa shape index (κ1) is 11.0. The molecule has 0 fully saturated rings. The van der Waals surface area contributed by atoms with Gasteiger partial charge in [-0.15, -0.1) is 5.73 Å². The second-order valence-corrected chi connectivity index (χ2v) is 8.69. The summed E-state index contributed by atoms with van der Waals surface area (Å²) in [5, 5.41) is 1.47. The predicted molar refractivity (Wildman–Crippen MR) is 66.5 cm³/mol. The number of hydrogen-bond donors (Lipinski definition) is 0. The molecule has 0 bridgehead atoms. The highest BCUT2D eigenvalue weighted by Crippen LogP contribution is 2.04. The molecule has 0 spiro atoms. The third-order valence-electron chi connectivity index (χ3n) is 2.24. The van der Waals surface area contributed by atoms with Crippen LogP contribution in [0.25, 0.3) is 0 Å².